The summed E-state index contributed by atoms with van der Waals surface area (Å²) in [6, 6.07) is -0.850. The molecule has 0 aromatic rings. The first-order valence-electron chi connectivity index (χ1n) is 30.4. The minimum Gasteiger partial charge on any atom is -0.387 e. The first-order chi connectivity index (χ1) is 34.0. The van der Waals surface area contributed by atoms with Gasteiger partial charge in [0.15, 0.2) is 0 Å². The predicted molar refractivity (Wildman–Crippen MR) is 304 cm³/mol. The molecule has 0 heterocycles. The molecule has 0 bridgehead atoms. The average molecular weight is 1010 g/mol. The maximum Gasteiger partial charge on any atom is 0.472 e. The van der Waals surface area contributed by atoms with Crippen LogP contribution in [0.2, 0.25) is 0 Å². The van der Waals surface area contributed by atoms with Gasteiger partial charge in [-0.3, -0.25) is 13.8 Å². The van der Waals surface area contributed by atoms with Gasteiger partial charge in [-0.15, -0.1) is 0 Å². The number of carbonyl (C=O) groups excluding carboxylic acids is 1. The number of hydrogen-bond acceptors (Lipinski definition) is 5. The van der Waals surface area contributed by atoms with Crippen molar-refractivity contribution in [2.45, 2.75) is 309 Å². The highest BCUT2D eigenvalue weighted by molar-refractivity contribution is 7.47. The molecule has 0 aliphatic carbocycles. The van der Waals surface area contributed by atoms with Crippen LogP contribution in [0.3, 0.4) is 0 Å². The molecule has 414 valence electrons. The summed E-state index contributed by atoms with van der Waals surface area (Å²) < 4.78 is 23.7. The highest BCUT2D eigenvalue weighted by atomic mass is 31.2. The Hall–Kier alpha value is -1.28. The van der Waals surface area contributed by atoms with E-state index >= 15 is 0 Å². The molecule has 1 amide bonds. The van der Waals surface area contributed by atoms with E-state index in [0.717, 1.165) is 44.9 Å². The number of nitrogens with zero attached hydrogens (tertiary/aromatic N) is 1. The van der Waals surface area contributed by atoms with Crippen LogP contribution in [0.15, 0.2) is 36.5 Å². The third-order valence-electron chi connectivity index (χ3n) is 13.9. The maximum absolute atomic E-state index is 13.0. The van der Waals surface area contributed by atoms with Crippen LogP contribution >= 0.6 is 7.82 Å². The Morgan fingerprint density at radius 3 is 1.17 bits per heavy atom. The fourth-order valence-corrected chi connectivity index (χ4v) is 9.81. The number of nitrogens with one attached hydrogen (secondary N) is 1. The molecule has 0 radical (unpaired) electrons. The second kappa shape index (κ2) is 52.6. The summed E-state index contributed by atoms with van der Waals surface area (Å²) in [5.74, 6) is -0.178. The van der Waals surface area contributed by atoms with Crippen molar-refractivity contribution in [3.8, 4) is 0 Å². The van der Waals surface area contributed by atoms with Crippen LogP contribution in [0, 0.1) is 0 Å². The Labute approximate surface area is 436 Å². The summed E-state index contributed by atoms with van der Waals surface area (Å²) in [6.07, 6.45) is 68.2. The molecule has 3 atom stereocenters. The Bertz CT molecular complexity index is 1230. The fraction of sp³-hybridized carbons (Fsp3) is 0.885. The number of carbonyl (C=O) groups is 1. The summed E-state index contributed by atoms with van der Waals surface area (Å²) >= 11 is 0. The van der Waals surface area contributed by atoms with Gasteiger partial charge in [0.25, 0.3) is 0 Å². The number of aliphatic hydroxyl groups is 1. The van der Waals surface area contributed by atoms with E-state index in [9.17, 15) is 19.4 Å². The standard InChI is InChI=1S/C61H119N2O6P/c1-6-8-10-12-14-16-18-20-22-24-26-28-29-30-31-32-33-35-36-38-40-42-44-46-48-50-52-54-60(64)59(58-69-70(66,67)68-57-56-63(3,4)5)62-61(65)55-53-51-49-47-45-43-41-39-37-34-27-25-23-21-19-17-15-13-11-9-7-2/h19,21,25,27,52,54,59-60,64H,6-18,20,22-24,26,28-51,53,55-58H2,1-5H3,(H-,62,65,66,67)/p+1/b21-19-,27-25-,54-52+. The SMILES string of the molecule is CCCCCCC/C=C\C/C=C\CCCCCCCCCCCC(=O)NC(COP(=O)(O)OCC[N+](C)(C)C)C(O)/C=C/CCCCCCCCCCCCCCCCCCCCCCCCCCC. The van der Waals surface area contributed by atoms with Gasteiger partial charge in [-0.05, 0) is 51.4 Å². The molecule has 8 nitrogen and oxygen atoms in total. The van der Waals surface area contributed by atoms with Crippen LogP contribution in [0.1, 0.15) is 296 Å². The molecule has 0 rings (SSSR count). The fourth-order valence-electron chi connectivity index (χ4n) is 9.08. The second-order valence-electron chi connectivity index (χ2n) is 22.1. The van der Waals surface area contributed by atoms with Crippen LogP contribution in [-0.2, 0) is 18.4 Å². The number of allylic oxidation sites excluding steroid dienone is 5. The van der Waals surface area contributed by atoms with Crippen LogP contribution in [-0.4, -0.2) is 73.4 Å². The van der Waals surface area contributed by atoms with Gasteiger partial charge < -0.3 is 19.8 Å². The molecule has 0 saturated carbocycles. The van der Waals surface area contributed by atoms with E-state index in [1.54, 1.807) is 6.08 Å². The molecular weight excluding hydrogens is 888 g/mol. The van der Waals surface area contributed by atoms with Crippen molar-refractivity contribution in [2.75, 3.05) is 40.9 Å². The molecule has 3 N–H and O–H groups in total. The zero-order chi connectivity index (χ0) is 51.3. The van der Waals surface area contributed by atoms with Crippen LogP contribution in [0.25, 0.3) is 0 Å². The van der Waals surface area contributed by atoms with Gasteiger partial charge in [0.1, 0.15) is 13.2 Å². The van der Waals surface area contributed by atoms with E-state index in [0.29, 0.717) is 17.4 Å². The first-order valence-corrected chi connectivity index (χ1v) is 31.9. The summed E-state index contributed by atoms with van der Waals surface area (Å²) in [5.41, 5.74) is 0. The second-order valence-corrected chi connectivity index (χ2v) is 23.5. The lowest BCUT2D eigenvalue weighted by Gasteiger charge is -2.25. The molecule has 0 aliphatic rings. The average Bonchev–Trinajstić information content (AvgIpc) is 3.32. The van der Waals surface area contributed by atoms with E-state index in [2.05, 4.69) is 43.5 Å². The lowest BCUT2D eigenvalue weighted by molar-refractivity contribution is -0.870. The van der Waals surface area contributed by atoms with Gasteiger partial charge in [-0.1, -0.05) is 275 Å². The zero-order valence-corrected chi connectivity index (χ0v) is 48.2. The van der Waals surface area contributed by atoms with Crippen molar-refractivity contribution in [1.82, 2.24) is 5.32 Å². The number of amides is 1. The van der Waals surface area contributed by atoms with Crippen LogP contribution in [0.4, 0.5) is 0 Å². The maximum atomic E-state index is 13.0. The van der Waals surface area contributed by atoms with Gasteiger partial charge in [0, 0.05) is 6.42 Å². The van der Waals surface area contributed by atoms with E-state index in [1.807, 2.05) is 27.2 Å². The molecule has 0 spiro atoms. The minimum absolute atomic E-state index is 0.0611. The summed E-state index contributed by atoms with van der Waals surface area (Å²) in [4.78, 5) is 23.3. The van der Waals surface area contributed by atoms with Crippen molar-refractivity contribution >= 4 is 13.7 Å². The summed E-state index contributed by atoms with van der Waals surface area (Å²) in [6.45, 7) is 4.84. The van der Waals surface area contributed by atoms with Gasteiger partial charge in [-0.2, -0.15) is 0 Å². The lowest BCUT2D eigenvalue weighted by atomic mass is 10.0. The molecule has 0 aromatic carbocycles. The number of aliphatic hydroxyl groups excluding tert-OH is 1. The number of likely N-dealkylation sites (N-methyl/N-ethyl adjacent to an activating group) is 1. The number of unbranched alkanes of at least 4 members (excludes halogenated alkanes) is 39. The number of phosphoric ester groups is 1. The van der Waals surface area contributed by atoms with E-state index in [4.69, 9.17) is 9.05 Å². The summed E-state index contributed by atoms with van der Waals surface area (Å²) in [5, 5.41) is 14.0. The van der Waals surface area contributed by atoms with Crippen molar-refractivity contribution in [2.24, 2.45) is 0 Å². The number of hydrogen-bond donors (Lipinski definition) is 3. The molecule has 0 aliphatic heterocycles. The monoisotopic (exact) mass is 1010 g/mol. The molecule has 0 fully saturated rings. The van der Waals surface area contributed by atoms with Gasteiger partial charge in [-0.25, -0.2) is 4.57 Å². The third kappa shape index (κ3) is 54.5. The zero-order valence-electron chi connectivity index (χ0n) is 47.3. The van der Waals surface area contributed by atoms with Crippen molar-refractivity contribution in [3.63, 3.8) is 0 Å². The Morgan fingerprint density at radius 1 is 0.486 bits per heavy atom. The van der Waals surface area contributed by atoms with Crippen LogP contribution in [0.5, 0.6) is 0 Å². The van der Waals surface area contributed by atoms with Gasteiger partial charge >= 0.3 is 7.82 Å². The first kappa shape index (κ1) is 68.7. The number of quaternary nitrogens is 1. The number of rotatable bonds is 56. The summed E-state index contributed by atoms with van der Waals surface area (Å²) in [7, 11) is 1.58. The number of phosphoric acid groups is 1. The van der Waals surface area contributed by atoms with Crippen molar-refractivity contribution in [1.29, 1.82) is 0 Å². The Balaban J connectivity index is 4.17. The normalized spacial score (nSPS) is 14.1. The topological polar surface area (TPSA) is 105 Å². The highest BCUT2D eigenvalue weighted by Gasteiger charge is 2.27. The Kier molecular flexibility index (Phi) is 51.6. The van der Waals surface area contributed by atoms with E-state index < -0.39 is 20.0 Å². The molecule has 70 heavy (non-hydrogen) atoms. The Morgan fingerprint density at radius 2 is 0.814 bits per heavy atom. The van der Waals surface area contributed by atoms with Gasteiger partial charge in [0.05, 0.1) is 39.9 Å². The van der Waals surface area contributed by atoms with Gasteiger partial charge in [0.2, 0.25) is 5.91 Å². The lowest BCUT2D eigenvalue weighted by Crippen LogP contribution is -2.45. The minimum atomic E-state index is -4.35. The van der Waals surface area contributed by atoms with Crippen molar-refractivity contribution in [3.05, 3.63) is 36.5 Å². The third-order valence-corrected chi connectivity index (χ3v) is 14.8. The smallest absolute Gasteiger partial charge is 0.387 e. The quantitative estimate of drug-likeness (QED) is 0.0243. The van der Waals surface area contributed by atoms with E-state index in [1.165, 1.54) is 231 Å². The molecule has 9 heteroatoms. The molecule has 3 unspecified atom stereocenters. The molecule has 0 aromatic heterocycles. The highest BCUT2D eigenvalue weighted by Crippen LogP contribution is 2.43. The van der Waals surface area contributed by atoms with Crippen molar-refractivity contribution < 1.29 is 32.9 Å². The molecule has 0 saturated heterocycles. The predicted octanol–water partition coefficient (Wildman–Crippen LogP) is 18.5. The van der Waals surface area contributed by atoms with E-state index in [-0.39, 0.29) is 19.1 Å². The largest absolute Gasteiger partial charge is 0.472 e. The van der Waals surface area contributed by atoms with Crippen LogP contribution < -0.4 is 5.32 Å². The molecular formula is C61H120N2O6P+.